The minimum Gasteiger partial charge on any atom is -0.449 e. The van der Waals surface area contributed by atoms with Crippen molar-refractivity contribution in [2.75, 3.05) is 11.5 Å². The van der Waals surface area contributed by atoms with Crippen LogP contribution in [0.5, 0.6) is 0 Å². The molecule has 0 radical (unpaired) electrons. The zero-order valence-corrected chi connectivity index (χ0v) is 9.45. The molecule has 1 amide bonds. The predicted molar refractivity (Wildman–Crippen MR) is 59.2 cm³/mol. The zero-order valence-electron chi connectivity index (χ0n) is 9.45. The van der Waals surface area contributed by atoms with Crippen LogP contribution in [0.3, 0.4) is 0 Å². The minimum absolute atomic E-state index is 0.0770. The largest absolute Gasteiger partial charge is 0.449 e. The summed E-state index contributed by atoms with van der Waals surface area (Å²) in [5, 5.41) is 0. The number of carbonyl (C=O) groups is 1. The number of alkyl halides is 2. The van der Waals surface area contributed by atoms with E-state index < -0.39 is 12.1 Å². The first kappa shape index (κ1) is 11.8. The monoisotopic (exact) mass is 241 g/mol. The molecule has 2 rings (SSSR count). The topological polar surface area (TPSA) is 29.5 Å². The number of fused-ring (bicyclic) bond motifs is 1. The van der Waals surface area contributed by atoms with Crippen LogP contribution in [0.4, 0.5) is 19.3 Å². The summed E-state index contributed by atoms with van der Waals surface area (Å²) in [5.74, 6) is 0. The van der Waals surface area contributed by atoms with Gasteiger partial charge in [-0.15, -0.1) is 0 Å². The Hall–Kier alpha value is -1.65. The Balaban J connectivity index is 2.42. The van der Waals surface area contributed by atoms with Crippen LogP contribution in [-0.2, 0) is 11.2 Å². The van der Waals surface area contributed by atoms with Gasteiger partial charge in [0.05, 0.1) is 12.3 Å². The molecule has 3 nitrogen and oxygen atoms in total. The molecule has 0 aromatic heterocycles. The number of para-hydroxylation sites is 1. The standard InChI is InChI=1S/C12H13F2NO2/c1-2-17-11(16)15-10-6-4-3-5-9(10)7-8-12(15,13)14/h3-6H,2,7-8H2,1H3. The van der Waals surface area contributed by atoms with Crippen LogP contribution in [0.1, 0.15) is 18.9 Å². The summed E-state index contributed by atoms with van der Waals surface area (Å²) in [5.41, 5.74) is 0.980. The quantitative estimate of drug-likeness (QED) is 0.707. The van der Waals surface area contributed by atoms with Crippen molar-refractivity contribution in [3.8, 4) is 0 Å². The van der Waals surface area contributed by atoms with E-state index in [1.54, 1.807) is 25.1 Å². The number of amides is 1. The molecule has 0 unspecified atom stereocenters. The highest BCUT2D eigenvalue weighted by molar-refractivity contribution is 5.90. The molecule has 0 aliphatic carbocycles. The van der Waals surface area contributed by atoms with Gasteiger partial charge in [-0.1, -0.05) is 18.2 Å². The van der Waals surface area contributed by atoms with Crippen molar-refractivity contribution >= 4 is 11.8 Å². The second-order valence-corrected chi connectivity index (χ2v) is 3.83. The van der Waals surface area contributed by atoms with E-state index in [9.17, 15) is 13.6 Å². The average Bonchev–Trinajstić information content (AvgIpc) is 2.28. The molecular weight excluding hydrogens is 228 g/mol. The minimum atomic E-state index is -3.18. The molecule has 1 aromatic rings. The van der Waals surface area contributed by atoms with Gasteiger partial charge in [-0.25, -0.2) is 9.69 Å². The number of hydrogen-bond donors (Lipinski definition) is 0. The fraction of sp³-hybridized carbons (Fsp3) is 0.417. The van der Waals surface area contributed by atoms with Crippen LogP contribution in [0.25, 0.3) is 0 Å². The highest BCUT2D eigenvalue weighted by atomic mass is 19.3. The number of nitrogens with zero attached hydrogens (tertiary/aromatic N) is 1. The molecule has 17 heavy (non-hydrogen) atoms. The first-order valence-electron chi connectivity index (χ1n) is 5.49. The van der Waals surface area contributed by atoms with Crippen molar-refractivity contribution in [1.29, 1.82) is 0 Å². The maximum absolute atomic E-state index is 13.7. The van der Waals surface area contributed by atoms with E-state index in [1.165, 1.54) is 6.07 Å². The van der Waals surface area contributed by atoms with Crippen LogP contribution in [0.2, 0.25) is 0 Å². The normalized spacial score (nSPS) is 17.5. The van der Waals surface area contributed by atoms with E-state index in [-0.39, 0.29) is 25.1 Å². The van der Waals surface area contributed by atoms with Crippen molar-refractivity contribution in [3.05, 3.63) is 29.8 Å². The summed E-state index contributed by atoms with van der Waals surface area (Å²) >= 11 is 0. The van der Waals surface area contributed by atoms with Crippen molar-refractivity contribution in [2.24, 2.45) is 0 Å². The van der Waals surface area contributed by atoms with Gasteiger partial charge in [0.2, 0.25) is 0 Å². The number of halogens is 2. The molecule has 1 aliphatic heterocycles. The number of hydrogen-bond acceptors (Lipinski definition) is 2. The van der Waals surface area contributed by atoms with Gasteiger partial charge in [-0.3, -0.25) is 0 Å². The fourth-order valence-electron chi connectivity index (χ4n) is 1.93. The van der Waals surface area contributed by atoms with E-state index in [0.29, 0.717) is 4.90 Å². The van der Waals surface area contributed by atoms with Crippen LogP contribution < -0.4 is 4.90 Å². The van der Waals surface area contributed by atoms with Gasteiger partial charge in [0.1, 0.15) is 0 Å². The van der Waals surface area contributed by atoms with Crippen molar-refractivity contribution in [3.63, 3.8) is 0 Å². The Morgan fingerprint density at radius 2 is 2.18 bits per heavy atom. The lowest BCUT2D eigenvalue weighted by atomic mass is 10.0. The third-order valence-electron chi connectivity index (χ3n) is 2.71. The van der Waals surface area contributed by atoms with Crippen LogP contribution >= 0.6 is 0 Å². The van der Waals surface area contributed by atoms with Crippen molar-refractivity contribution in [2.45, 2.75) is 25.8 Å². The molecule has 0 saturated heterocycles. The maximum atomic E-state index is 13.7. The maximum Gasteiger partial charge on any atom is 0.419 e. The molecule has 92 valence electrons. The summed E-state index contributed by atoms with van der Waals surface area (Å²) in [6.45, 7) is 1.67. The molecule has 1 aromatic carbocycles. The molecule has 0 saturated carbocycles. The lowest BCUT2D eigenvalue weighted by Gasteiger charge is -2.35. The van der Waals surface area contributed by atoms with Gasteiger partial charge in [-0.05, 0) is 25.0 Å². The molecule has 0 atom stereocenters. The van der Waals surface area contributed by atoms with Gasteiger partial charge < -0.3 is 4.74 Å². The molecule has 1 aliphatic rings. The van der Waals surface area contributed by atoms with E-state index in [2.05, 4.69) is 4.74 Å². The molecular formula is C12H13F2NO2. The van der Waals surface area contributed by atoms with E-state index >= 15 is 0 Å². The molecule has 0 N–H and O–H groups in total. The lowest BCUT2D eigenvalue weighted by molar-refractivity contribution is -0.0145. The highest BCUT2D eigenvalue weighted by Gasteiger charge is 2.45. The molecule has 1 heterocycles. The summed E-state index contributed by atoms with van der Waals surface area (Å²) in [4.78, 5) is 12.1. The smallest absolute Gasteiger partial charge is 0.419 e. The second-order valence-electron chi connectivity index (χ2n) is 3.83. The lowest BCUT2D eigenvalue weighted by Crippen LogP contribution is -2.49. The van der Waals surface area contributed by atoms with E-state index in [1.807, 2.05) is 0 Å². The van der Waals surface area contributed by atoms with Crippen LogP contribution in [-0.4, -0.2) is 18.7 Å². The summed E-state index contributed by atoms with van der Waals surface area (Å²) < 4.78 is 32.2. The van der Waals surface area contributed by atoms with E-state index in [4.69, 9.17) is 0 Å². The van der Waals surface area contributed by atoms with E-state index in [0.717, 1.165) is 5.56 Å². The van der Waals surface area contributed by atoms with Crippen LogP contribution in [0, 0.1) is 0 Å². The fourth-order valence-corrected chi connectivity index (χ4v) is 1.93. The van der Waals surface area contributed by atoms with Crippen molar-refractivity contribution < 1.29 is 18.3 Å². The SMILES string of the molecule is CCOC(=O)N1c2ccccc2CCC1(F)F. The predicted octanol–water partition coefficient (Wildman–Crippen LogP) is 3.19. The second kappa shape index (κ2) is 4.31. The number of benzene rings is 1. The number of anilines is 1. The number of rotatable bonds is 1. The Morgan fingerprint density at radius 1 is 1.47 bits per heavy atom. The zero-order chi connectivity index (χ0) is 12.5. The number of ether oxygens (including phenoxy) is 1. The number of carbonyl (C=O) groups excluding carboxylic acids is 1. The first-order chi connectivity index (χ1) is 8.06. The Kier molecular flexibility index (Phi) is 3.00. The molecule has 0 fully saturated rings. The summed E-state index contributed by atoms with van der Waals surface area (Å²) in [6, 6.07) is 3.48. The average molecular weight is 241 g/mol. The summed E-state index contributed by atoms with van der Waals surface area (Å²) in [6.07, 6.45) is -1.10. The first-order valence-corrected chi connectivity index (χ1v) is 5.49. The van der Waals surface area contributed by atoms with Gasteiger partial charge in [0.25, 0.3) is 0 Å². The van der Waals surface area contributed by atoms with Gasteiger partial charge >= 0.3 is 12.1 Å². The Bertz CT molecular complexity index is 434. The van der Waals surface area contributed by atoms with Crippen molar-refractivity contribution in [1.82, 2.24) is 0 Å². The molecule has 0 spiro atoms. The third kappa shape index (κ3) is 2.09. The molecule has 0 bridgehead atoms. The molecule has 5 heteroatoms. The summed E-state index contributed by atoms with van der Waals surface area (Å²) in [7, 11) is 0. The van der Waals surface area contributed by atoms with Gasteiger partial charge in [0.15, 0.2) is 0 Å². The highest BCUT2D eigenvalue weighted by Crippen LogP contribution is 2.39. The van der Waals surface area contributed by atoms with Crippen LogP contribution in [0.15, 0.2) is 24.3 Å². The third-order valence-corrected chi connectivity index (χ3v) is 2.71. The van der Waals surface area contributed by atoms with Gasteiger partial charge in [0, 0.05) is 6.42 Å². The number of aryl methyl sites for hydroxylation is 1. The van der Waals surface area contributed by atoms with Gasteiger partial charge in [-0.2, -0.15) is 8.78 Å². The Labute approximate surface area is 98.0 Å². The Morgan fingerprint density at radius 3 is 2.88 bits per heavy atom.